The Morgan fingerprint density at radius 1 is 0.658 bits per heavy atom. The minimum Gasteiger partial charge on any atom is -0.457 e. The molecule has 7 aromatic rings. The molecule has 3 aromatic heterocycles. The summed E-state index contributed by atoms with van der Waals surface area (Å²) in [6.45, 7) is 0. The molecule has 0 unspecified atom stereocenters. The Bertz CT molecular complexity index is 1920. The minimum absolute atomic E-state index is 0.334. The van der Waals surface area contributed by atoms with Crippen molar-refractivity contribution in [2.75, 3.05) is 0 Å². The largest absolute Gasteiger partial charge is 0.457 e. The van der Waals surface area contributed by atoms with Crippen molar-refractivity contribution in [1.82, 2.24) is 19.3 Å². The molecular weight excluding hydrogens is 475 g/mol. The van der Waals surface area contributed by atoms with Gasteiger partial charge < -0.3 is 4.74 Å². The van der Waals surface area contributed by atoms with Crippen molar-refractivity contribution in [3.63, 3.8) is 0 Å². The van der Waals surface area contributed by atoms with Gasteiger partial charge in [0.15, 0.2) is 0 Å². The molecule has 7 rings (SSSR count). The molecule has 0 bridgehead atoms. The monoisotopic (exact) mass is 496 g/mol. The van der Waals surface area contributed by atoms with Gasteiger partial charge in [-0.25, -0.2) is 14.1 Å². The molecule has 0 saturated carbocycles. The highest BCUT2D eigenvalue weighted by atomic mass is 19.1. The number of hydrogen-bond donors (Lipinski definition) is 0. The second-order valence-electron chi connectivity index (χ2n) is 9.00. The quantitative estimate of drug-likeness (QED) is 0.243. The van der Waals surface area contributed by atoms with Gasteiger partial charge in [-0.05, 0) is 42.0 Å². The van der Waals surface area contributed by atoms with Gasteiger partial charge >= 0.3 is 0 Å². The third-order valence-corrected chi connectivity index (χ3v) is 6.59. The van der Waals surface area contributed by atoms with Crippen molar-refractivity contribution in [1.29, 1.82) is 0 Å². The number of aromatic nitrogens is 4. The molecular formula is C32H21FN4O. The third-order valence-electron chi connectivity index (χ3n) is 6.59. The van der Waals surface area contributed by atoms with Crippen LogP contribution in [0.4, 0.5) is 4.39 Å². The number of ether oxygens (including phenoxy) is 1. The molecule has 0 aliphatic heterocycles. The fourth-order valence-corrected chi connectivity index (χ4v) is 4.85. The predicted molar refractivity (Wildman–Crippen MR) is 148 cm³/mol. The van der Waals surface area contributed by atoms with E-state index in [1.54, 1.807) is 0 Å². The van der Waals surface area contributed by atoms with E-state index in [-0.39, 0.29) is 5.82 Å². The molecule has 0 spiro atoms. The van der Waals surface area contributed by atoms with Crippen LogP contribution < -0.4 is 4.74 Å². The average molecular weight is 497 g/mol. The Labute approximate surface area is 218 Å². The summed E-state index contributed by atoms with van der Waals surface area (Å²) in [5, 5.41) is 6.65. The van der Waals surface area contributed by atoms with Crippen LogP contribution in [0.1, 0.15) is 0 Å². The lowest BCUT2D eigenvalue weighted by Gasteiger charge is -2.10. The summed E-state index contributed by atoms with van der Waals surface area (Å²) in [5.41, 5.74) is 4.89. The fraction of sp³-hybridized carbons (Fsp3) is 0. The molecule has 0 saturated heterocycles. The summed E-state index contributed by atoms with van der Waals surface area (Å²) in [6.07, 6.45) is 5.34. The first-order valence-corrected chi connectivity index (χ1v) is 12.3. The van der Waals surface area contributed by atoms with Gasteiger partial charge in [-0.2, -0.15) is 5.10 Å². The summed E-state index contributed by atoms with van der Waals surface area (Å²) < 4.78 is 24.2. The van der Waals surface area contributed by atoms with Crippen LogP contribution in [0.3, 0.4) is 0 Å². The van der Waals surface area contributed by atoms with Crippen molar-refractivity contribution < 1.29 is 9.13 Å². The fourth-order valence-electron chi connectivity index (χ4n) is 4.85. The Hall–Kier alpha value is -5.23. The summed E-state index contributed by atoms with van der Waals surface area (Å²) in [6, 6.07) is 34.8. The molecule has 3 heterocycles. The molecule has 0 radical (unpaired) electrons. The smallest absolute Gasteiger partial charge is 0.140 e. The van der Waals surface area contributed by atoms with Crippen LogP contribution in [0.2, 0.25) is 0 Å². The number of pyridine rings is 1. The maximum atomic E-state index is 14.1. The van der Waals surface area contributed by atoms with Crippen molar-refractivity contribution in [2.45, 2.75) is 0 Å². The highest BCUT2D eigenvalue weighted by Crippen LogP contribution is 2.35. The second-order valence-corrected chi connectivity index (χ2v) is 9.00. The number of fused-ring (bicyclic) bond motifs is 3. The summed E-state index contributed by atoms with van der Waals surface area (Å²) in [4.78, 5) is 4.44. The number of halogens is 1. The summed E-state index contributed by atoms with van der Waals surface area (Å²) in [7, 11) is 0. The zero-order valence-electron chi connectivity index (χ0n) is 20.2. The van der Waals surface area contributed by atoms with Crippen molar-refractivity contribution in [2.24, 2.45) is 0 Å². The van der Waals surface area contributed by atoms with Crippen LogP contribution in [0.5, 0.6) is 11.5 Å². The van der Waals surface area contributed by atoms with Gasteiger partial charge in [-0.3, -0.25) is 4.57 Å². The number of benzene rings is 4. The Balaban J connectivity index is 1.26. The highest BCUT2D eigenvalue weighted by Gasteiger charge is 2.14. The maximum absolute atomic E-state index is 14.1. The maximum Gasteiger partial charge on any atom is 0.140 e. The first-order valence-electron chi connectivity index (χ1n) is 12.3. The van der Waals surface area contributed by atoms with E-state index in [9.17, 15) is 4.39 Å². The van der Waals surface area contributed by atoms with Gasteiger partial charge in [-0.1, -0.05) is 54.6 Å². The van der Waals surface area contributed by atoms with Gasteiger partial charge in [0.1, 0.15) is 23.1 Å². The van der Waals surface area contributed by atoms with Crippen LogP contribution in [0.15, 0.2) is 128 Å². The average Bonchev–Trinajstić information content (AvgIpc) is 3.57. The molecule has 38 heavy (non-hydrogen) atoms. The van der Waals surface area contributed by atoms with Crippen LogP contribution in [-0.4, -0.2) is 19.3 Å². The lowest BCUT2D eigenvalue weighted by molar-refractivity contribution is 0.483. The summed E-state index contributed by atoms with van der Waals surface area (Å²) >= 11 is 0. The van der Waals surface area contributed by atoms with Crippen LogP contribution in [-0.2, 0) is 0 Å². The number of hydrogen-bond acceptors (Lipinski definition) is 3. The SMILES string of the molecule is Fc1ccnc(-n2c3ccccc3c3ccc(Oc4cccc(-n5cc(-c6ccccc6)cn5)c4)cc32)c1. The van der Waals surface area contributed by atoms with Gasteiger partial charge in [-0.15, -0.1) is 0 Å². The van der Waals surface area contributed by atoms with E-state index in [0.29, 0.717) is 17.3 Å². The molecule has 0 amide bonds. The predicted octanol–water partition coefficient (Wildman–Crippen LogP) is 7.96. The van der Waals surface area contributed by atoms with Gasteiger partial charge in [0.25, 0.3) is 0 Å². The van der Waals surface area contributed by atoms with Crippen LogP contribution in [0.25, 0.3) is 44.4 Å². The van der Waals surface area contributed by atoms with E-state index in [4.69, 9.17) is 4.74 Å². The van der Waals surface area contributed by atoms with E-state index in [1.165, 1.54) is 18.3 Å². The van der Waals surface area contributed by atoms with E-state index in [0.717, 1.165) is 38.6 Å². The number of para-hydroxylation sites is 1. The zero-order chi connectivity index (χ0) is 25.5. The summed E-state index contributed by atoms with van der Waals surface area (Å²) in [5.74, 6) is 1.54. The van der Waals surface area contributed by atoms with E-state index < -0.39 is 0 Å². The van der Waals surface area contributed by atoms with Crippen LogP contribution in [0, 0.1) is 5.82 Å². The Morgan fingerprint density at radius 2 is 1.47 bits per heavy atom. The van der Waals surface area contributed by atoms with Crippen molar-refractivity contribution >= 4 is 21.8 Å². The molecule has 5 nitrogen and oxygen atoms in total. The first-order chi connectivity index (χ1) is 18.7. The van der Waals surface area contributed by atoms with Gasteiger partial charge in [0, 0.05) is 46.9 Å². The number of nitrogens with zero attached hydrogens (tertiary/aromatic N) is 4. The van der Waals surface area contributed by atoms with E-state index in [1.807, 2.05) is 101 Å². The van der Waals surface area contributed by atoms with E-state index in [2.05, 4.69) is 28.3 Å². The highest BCUT2D eigenvalue weighted by molar-refractivity contribution is 6.09. The normalized spacial score (nSPS) is 11.3. The number of rotatable bonds is 5. The Morgan fingerprint density at radius 3 is 2.37 bits per heavy atom. The molecule has 182 valence electrons. The van der Waals surface area contributed by atoms with Gasteiger partial charge in [0.05, 0.1) is 22.9 Å². The zero-order valence-corrected chi connectivity index (χ0v) is 20.2. The standard InChI is InChI=1S/C32H21FN4O/c33-24-15-16-34-32(17-24)37-30-12-5-4-11-28(30)29-14-13-27(19-31(29)37)38-26-10-6-9-25(18-26)36-21-23(20-35-36)22-7-2-1-3-8-22/h1-21H. The molecule has 6 heteroatoms. The molecule has 0 aliphatic rings. The molecule has 0 fully saturated rings. The third kappa shape index (κ3) is 3.89. The molecule has 0 aliphatic carbocycles. The van der Waals surface area contributed by atoms with Crippen LogP contribution >= 0.6 is 0 Å². The second kappa shape index (κ2) is 9.01. The van der Waals surface area contributed by atoms with Crippen molar-refractivity contribution in [3.05, 3.63) is 134 Å². The Kier molecular flexibility index (Phi) is 5.22. The minimum atomic E-state index is -0.334. The lowest BCUT2D eigenvalue weighted by atomic mass is 10.1. The molecule has 0 N–H and O–H groups in total. The van der Waals surface area contributed by atoms with Gasteiger partial charge in [0.2, 0.25) is 0 Å². The molecule has 0 atom stereocenters. The topological polar surface area (TPSA) is 44.9 Å². The molecule has 4 aromatic carbocycles. The lowest BCUT2D eigenvalue weighted by Crippen LogP contribution is -1.98. The van der Waals surface area contributed by atoms with E-state index >= 15 is 0 Å². The van der Waals surface area contributed by atoms with Crippen molar-refractivity contribution in [3.8, 4) is 34.1 Å². The first kappa shape index (κ1) is 22.0.